The predicted octanol–water partition coefficient (Wildman–Crippen LogP) is -3.93. The zero-order valence-corrected chi connectivity index (χ0v) is 21.7. The number of carbonyl (C=O) groups is 4. The zero-order chi connectivity index (χ0) is 29.0. The average Bonchev–Trinajstić information content (AvgIpc) is 3.61. The minimum atomic E-state index is -1.48. The SMILES string of the molecule is O=C1CCN([C@@H]2OC(CNC(=O)[C@@H](CCc3cnc[nH]3)NC(=O)C[C@@H]3C[C@@H](CO)[C@H](O)[C@H]3O)[C@@H](O)[C@H]2O)C(=O)N1. The molecular weight excluding hydrogens is 532 g/mol. The Hall–Kier alpha value is -3.15. The van der Waals surface area contributed by atoms with E-state index in [1.54, 1.807) is 6.20 Å². The fraction of sp³-hybridized carbons (Fsp3) is 0.708. The summed E-state index contributed by atoms with van der Waals surface area (Å²) in [6.45, 7) is -0.577. The highest BCUT2D eigenvalue weighted by atomic mass is 16.6. The number of imidazole rings is 1. The Morgan fingerprint density at radius 2 is 1.88 bits per heavy atom. The van der Waals surface area contributed by atoms with Gasteiger partial charge >= 0.3 is 6.03 Å². The van der Waals surface area contributed by atoms with E-state index in [1.807, 2.05) is 0 Å². The first-order chi connectivity index (χ1) is 19.1. The molecule has 1 unspecified atom stereocenters. The summed E-state index contributed by atoms with van der Waals surface area (Å²) >= 11 is 0. The largest absolute Gasteiger partial charge is 0.396 e. The molecule has 1 aromatic heterocycles. The highest BCUT2D eigenvalue weighted by Crippen LogP contribution is 2.33. The van der Waals surface area contributed by atoms with Crippen LogP contribution in [0.4, 0.5) is 4.79 Å². The molecule has 0 spiro atoms. The van der Waals surface area contributed by atoms with E-state index in [1.165, 1.54) is 6.33 Å². The van der Waals surface area contributed by atoms with E-state index in [-0.39, 0.29) is 45.4 Å². The number of aromatic amines is 1. The van der Waals surface area contributed by atoms with E-state index in [9.17, 15) is 44.7 Å². The van der Waals surface area contributed by atoms with Crippen LogP contribution in [-0.2, 0) is 25.5 Å². The van der Waals surface area contributed by atoms with E-state index in [2.05, 4.69) is 25.9 Å². The highest BCUT2D eigenvalue weighted by molar-refractivity contribution is 5.96. The quantitative estimate of drug-likeness (QED) is 0.125. The molecule has 3 heterocycles. The highest BCUT2D eigenvalue weighted by Gasteiger charge is 2.48. The lowest BCUT2D eigenvalue weighted by molar-refractivity contribution is -0.131. The summed E-state index contributed by atoms with van der Waals surface area (Å²) in [5, 5.41) is 57.9. The van der Waals surface area contributed by atoms with Crippen molar-refractivity contribution in [3.8, 4) is 0 Å². The molecule has 2 saturated heterocycles. The number of nitrogens with zero attached hydrogens (tertiary/aromatic N) is 2. The van der Waals surface area contributed by atoms with Gasteiger partial charge in [-0.2, -0.15) is 0 Å². The van der Waals surface area contributed by atoms with Crippen molar-refractivity contribution >= 4 is 23.8 Å². The minimum Gasteiger partial charge on any atom is -0.396 e. The molecule has 4 rings (SSSR count). The molecule has 1 saturated carbocycles. The molecule has 16 heteroatoms. The number of H-pyrrole nitrogens is 1. The van der Waals surface area contributed by atoms with Crippen molar-refractivity contribution in [1.82, 2.24) is 30.8 Å². The smallest absolute Gasteiger partial charge is 0.326 e. The van der Waals surface area contributed by atoms with Crippen molar-refractivity contribution in [1.29, 1.82) is 0 Å². The van der Waals surface area contributed by atoms with Gasteiger partial charge in [0.2, 0.25) is 17.7 Å². The second-order valence-corrected chi connectivity index (χ2v) is 10.4. The van der Waals surface area contributed by atoms with Crippen LogP contribution in [0.25, 0.3) is 0 Å². The molecule has 16 nitrogen and oxygen atoms in total. The summed E-state index contributed by atoms with van der Waals surface area (Å²) in [6.07, 6.45) is -3.86. The van der Waals surface area contributed by atoms with Crippen molar-refractivity contribution < 1.29 is 49.4 Å². The summed E-state index contributed by atoms with van der Waals surface area (Å²) in [6, 6.07) is -1.78. The Morgan fingerprint density at radius 3 is 2.52 bits per heavy atom. The number of aliphatic hydroxyl groups is 5. The molecule has 0 aromatic carbocycles. The van der Waals surface area contributed by atoms with Crippen LogP contribution >= 0.6 is 0 Å². The second kappa shape index (κ2) is 13.0. The van der Waals surface area contributed by atoms with E-state index in [4.69, 9.17) is 4.74 Å². The van der Waals surface area contributed by atoms with E-state index >= 15 is 0 Å². The van der Waals surface area contributed by atoms with Crippen molar-refractivity contribution in [3.05, 3.63) is 18.2 Å². The Balaban J connectivity index is 1.34. The van der Waals surface area contributed by atoms with Crippen LogP contribution in [0.15, 0.2) is 12.5 Å². The van der Waals surface area contributed by atoms with E-state index in [0.717, 1.165) is 10.6 Å². The number of imide groups is 1. The number of rotatable bonds is 11. The van der Waals surface area contributed by atoms with Crippen LogP contribution in [0, 0.1) is 11.8 Å². The van der Waals surface area contributed by atoms with Crippen molar-refractivity contribution in [2.45, 2.75) is 74.9 Å². The molecule has 0 radical (unpaired) electrons. The summed E-state index contributed by atoms with van der Waals surface area (Å²) in [5.41, 5.74) is 0.728. The number of ether oxygens (including phenoxy) is 1. The predicted molar refractivity (Wildman–Crippen MR) is 133 cm³/mol. The average molecular weight is 569 g/mol. The lowest BCUT2D eigenvalue weighted by Gasteiger charge is -2.32. The fourth-order valence-electron chi connectivity index (χ4n) is 5.39. The molecular formula is C24H36N6O10. The zero-order valence-electron chi connectivity index (χ0n) is 21.7. The standard InChI is InChI=1S/C24H36N6O10/c31-9-12-5-11(18(34)19(12)35)6-17(33)28-14(2-1-13-7-25-10-27-13)22(38)26-8-15-20(36)21(37)23(40-15)30-4-3-16(32)29-24(30)39/h7,10-12,14-15,18-21,23,31,34-37H,1-6,8-9H2,(H,25,27)(H,26,38)(H,28,33)(H,29,32,39)/t11-,12-,14+,15?,18-,19-,20+,21+,23+/m0/s1. The number of aromatic nitrogens is 2. The normalized spacial score (nSPS) is 33.1. The maximum Gasteiger partial charge on any atom is 0.326 e. The van der Waals surface area contributed by atoms with Gasteiger partial charge in [-0.1, -0.05) is 0 Å². The van der Waals surface area contributed by atoms with Gasteiger partial charge in [-0.3, -0.25) is 24.6 Å². The Kier molecular flexibility index (Phi) is 9.70. The Bertz CT molecular complexity index is 1060. The van der Waals surface area contributed by atoms with Crippen LogP contribution in [0.1, 0.15) is 31.4 Å². The molecule has 1 aliphatic carbocycles. The van der Waals surface area contributed by atoms with Gasteiger partial charge in [-0.25, -0.2) is 9.78 Å². The van der Waals surface area contributed by atoms with Gasteiger partial charge in [-0.05, 0) is 25.2 Å². The minimum absolute atomic E-state index is 0.00499. The van der Waals surface area contributed by atoms with Crippen molar-refractivity contribution in [3.63, 3.8) is 0 Å². The van der Waals surface area contributed by atoms with Crippen molar-refractivity contribution in [2.24, 2.45) is 11.8 Å². The molecule has 5 amide bonds. The number of aliphatic hydroxyl groups excluding tert-OH is 5. The first-order valence-corrected chi connectivity index (χ1v) is 13.2. The monoisotopic (exact) mass is 568 g/mol. The lowest BCUT2D eigenvalue weighted by Crippen LogP contribution is -2.56. The summed E-state index contributed by atoms with van der Waals surface area (Å²) in [7, 11) is 0. The van der Waals surface area contributed by atoms with Crippen LogP contribution in [0.5, 0.6) is 0 Å². The molecule has 2 aliphatic heterocycles. The van der Waals surface area contributed by atoms with Crippen LogP contribution in [-0.4, -0.2) is 127 Å². The van der Waals surface area contributed by atoms with Crippen LogP contribution in [0.3, 0.4) is 0 Å². The summed E-state index contributed by atoms with van der Waals surface area (Å²) in [4.78, 5) is 57.4. The lowest BCUT2D eigenvalue weighted by atomic mass is 9.99. The third-order valence-corrected chi connectivity index (χ3v) is 7.72. The van der Waals surface area contributed by atoms with Gasteiger partial charge in [-0.15, -0.1) is 0 Å². The Labute approximate surface area is 229 Å². The second-order valence-electron chi connectivity index (χ2n) is 10.4. The maximum atomic E-state index is 13.1. The molecule has 3 fully saturated rings. The number of carbonyl (C=O) groups excluding carboxylic acids is 4. The number of aryl methyl sites for hydroxylation is 1. The third kappa shape index (κ3) is 6.76. The number of nitrogens with one attached hydrogen (secondary N) is 4. The molecule has 9 atom stereocenters. The number of amides is 5. The van der Waals surface area contributed by atoms with E-state index < -0.39 is 78.4 Å². The molecule has 1 aromatic rings. The molecule has 3 aliphatic rings. The topological polar surface area (TPSA) is 247 Å². The van der Waals surface area contributed by atoms with Gasteiger partial charge < -0.3 is 45.9 Å². The maximum absolute atomic E-state index is 13.1. The number of hydrogen-bond acceptors (Lipinski definition) is 11. The van der Waals surface area contributed by atoms with Gasteiger partial charge in [0.25, 0.3) is 0 Å². The molecule has 9 N–H and O–H groups in total. The van der Waals surface area contributed by atoms with Gasteiger partial charge in [0.15, 0.2) is 6.23 Å². The molecule has 222 valence electrons. The van der Waals surface area contributed by atoms with Crippen LogP contribution in [0.2, 0.25) is 0 Å². The van der Waals surface area contributed by atoms with Crippen molar-refractivity contribution in [2.75, 3.05) is 19.7 Å². The fourth-order valence-corrected chi connectivity index (χ4v) is 5.39. The first kappa shape index (κ1) is 29.8. The molecule has 0 bridgehead atoms. The Morgan fingerprint density at radius 1 is 1.12 bits per heavy atom. The van der Waals surface area contributed by atoms with Gasteiger partial charge in [0, 0.05) is 50.3 Å². The third-order valence-electron chi connectivity index (χ3n) is 7.72. The molecule has 40 heavy (non-hydrogen) atoms. The number of hydrogen-bond donors (Lipinski definition) is 9. The first-order valence-electron chi connectivity index (χ1n) is 13.2. The summed E-state index contributed by atoms with van der Waals surface area (Å²) < 4.78 is 5.66. The number of urea groups is 1. The summed E-state index contributed by atoms with van der Waals surface area (Å²) in [5.74, 6) is -2.72. The van der Waals surface area contributed by atoms with E-state index in [0.29, 0.717) is 6.42 Å². The van der Waals surface area contributed by atoms with Crippen LogP contribution < -0.4 is 16.0 Å². The van der Waals surface area contributed by atoms with Gasteiger partial charge in [0.05, 0.1) is 18.5 Å². The van der Waals surface area contributed by atoms with Gasteiger partial charge in [0.1, 0.15) is 24.4 Å².